The third kappa shape index (κ3) is 4.52. The van der Waals surface area contributed by atoms with Crippen molar-refractivity contribution in [1.82, 2.24) is 10.2 Å². The number of para-hydroxylation sites is 1. The molecule has 33 heavy (non-hydrogen) atoms. The average molecular weight is 441 g/mol. The maximum Gasteiger partial charge on any atom is 0.262 e. The number of hydrogen-bond donors (Lipinski definition) is 2. The van der Waals surface area contributed by atoms with Gasteiger partial charge in [-0.15, -0.1) is 0 Å². The van der Waals surface area contributed by atoms with E-state index in [2.05, 4.69) is 10.6 Å². The molecule has 4 amide bonds. The van der Waals surface area contributed by atoms with Gasteiger partial charge in [0.25, 0.3) is 17.7 Å². The number of rotatable bonds is 7. The Kier molecular flexibility index (Phi) is 6.31. The van der Waals surface area contributed by atoms with Crippen LogP contribution in [0, 0.1) is 0 Å². The van der Waals surface area contributed by atoms with Gasteiger partial charge in [0.1, 0.15) is 6.04 Å². The van der Waals surface area contributed by atoms with E-state index in [1.807, 2.05) is 30.3 Å². The molecule has 0 radical (unpaired) electrons. The first-order chi connectivity index (χ1) is 16.0. The fourth-order valence-corrected chi connectivity index (χ4v) is 3.76. The first-order valence-electron chi connectivity index (χ1n) is 10.7. The first kappa shape index (κ1) is 22.0. The molecule has 0 saturated carbocycles. The zero-order valence-corrected chi connectivity index (χ0v) is 18.1. The predicted octanol–water partition coefficient (Wildman–Crippen LogP) is 3.28. The lowest BCUT2D eigenvalue weighted by atomic mass is 10.1. The quantitative estimate of drug-likeness (QED) is 0.550. The van der Waals surface area contributed by atoms with Crippen molar-refractivity contribution in [2.24, 2.45) is 0 Å². The Morgan fingerprint density at radius 2 is 1.39 bits per heavy atom. The summed E-state index contributed by atoms with van der Waals surface area (Å²) in [5.74, 6) is -1.90. The van der Waals surface area contributed by atoms with E-state index in [0.29, 0.717) is 24.2 Å². The van der Waals surface area contributed by atoms with Crippen molar-refractivity contribution < 1.29 is 19.2 Å². The fourth-order valence-electron chi connectivity index (χ4n) is 3.76. The van der Waals surface area contributed by atoms with Gasteiger partial charge in [-0.05, 0) is 43.2 Å². The lowest BCUT2D eigenvalue weighted by Crippen LogP contribution is -2.45. The molecular weight excluding hydrogens is 418 g/mol. The number of carbonyl (C=O) groups excluding carboxylic acids is 4. The molecule has 3 aromatic carbocycles. The summed E-state index contributed by atoms with van der Waals surface area (Å²) < 4.78 is 0. The van der Waals surface area contributed by atoms with E-state index in [1.165, 1.54) is 6.92 Å². The van der Waals surface area contributed by atoms with Gasteiger partial charge < -0.3 is 10.6 Å². The van der Waals surface area contributed by atoms with Gasteiger partial charge in [-0.25, -0.2) is 0 Å². The highest BCUT2D eigenvalue weighted by atomic mass is 16.2. The van der Waals surface area contributed by atoms with Crippen molar-refractivity contribution in [2.75, 3.05) is 11.9 Å². The van der Waals surface area contributed by atoms with E-state index in [0.717, 1.165) is 10.5 Å². The van der Waals surface area contributed by atoms with E-state index in [4.69, 9.17) is 0 Å². The van der Waals surface area contributed by atoms with Crippen LogP contribution in [0.5, 0.6) is 0 Å². The predicted molar refractivity (Wildman–Crippen MR) is 124 cm³/mol. The standard InChI is InChI=1S/C26H23N3O4/c1-17(29-25(32)19-11-5-6-12-20(19)26(29)33)23(30)28-22-14-8-7-13-21(22)24(31)27-16-15-18-9-3-2-4-10-18/h2-14,17H,15-16H2,1H3,(H,27,31)(H,28,30). The molecule has 1 unspecified atom stereocenters. The summed E-state index contributed by atoms with van der Waals surface area (Å²) in [5.41, 5.74) is 2.27. The molecule has 166 valence electrons. The number of nitrogens with one attached hydrogen (secondary N) is 2. The highest BCUT2D eigenvalue weighted by molar-refractivity contribution is 6.23. The first-order valence-corrected chi connectivity index (χ1v) is 10.7. The van der Waals surface area contributed by atoms with Crippen LogP contribution in [0.4, 0.5) is 5.69 Å². The molecule has 0 bridgehead atoms. The Morgan fingerprint density at radius 1 is 0.818 bits per heavy atom. The Morgan fingerprint density at radius 3 is 2.06 bits per heavy atom. The maximum absolute atomic E-state index is 12.9. The van der Waals surface area contributed by atoms with Crippen LogP contribution in [-0.2, 0) is 11.2 Å². The number of hydrogen-bond acceptors (Lipinski definition) is 4. The van der Waals surface area contributed by atoms with E-state index < -0.39 is 23.8 Å². The highest BCUT2D eigenvalue weighted by Gasteiger charge is 2.40. The Bertz CT molecular complexity index is 1190. The average Bonchev–Trinajstić information content (AvgIpc) is 3.09. The third-order valence-electron chi connectivity index (χ3n) is 5.56. The summed E-state index contributed by atoms with van der Waals surface area (Å²) in [6.07, 6.45) is 0.678. The molecule has 0 aromatic heterocycles. The second-order valence-corrected chi connectivity index (χ2v) is 7.73. The van der Waals surface area contributed by atoms with Crippen molar-refractivity contribution in [2.45, 2.75) is 19.4 Å². The van der Waals surface area contributed by atoms with Crippen LogP contribution in [0.1, 0.15) is 43.6 Å². The minimum atomic E-state index is -1.05. The summed E-state index contributed by atoms with van der Waals surface area (Å²) in [6.45, 7) is 1.93. The molecule has 3 aromatic rings. The summed E-state index contributed by atoms with van der Waals surface area (Å²) >= 11 is 0. The van der Waals surface area contributed by atoms with Crippen LogP contribution in [0.15, 0.2) is 78.9 Å². The zero-order valence-electron chi connectivity index (χ0n) is 18.1. The molecule has 4 rings (SSSR count). The topological polar surface area (TPSA) is 95.6 Å². The van der Waals surface area contributed by atoms with Gasteiger partial charge in [0.15, 0.2) is 0 Å². The van der Waals surface area contributed by atoms with E-state index in [9.17, 15) is 19.2 Å². The number of benzene rings is 3. The smallest absolute Gasteiger partial charge is 0.262 e. The van der Waals surface area contributed by atoms with E-state index in [-0.39, 0.29) is 17.0 Å². The second-order valence-electron chi connectivity index (χ2n) is 7.73. The highest BCUT2D eigenvalue weighted by Crippen LogP contribution is 2.25. The third-order valence-corrected chi connectivity index (χ3v) is 5.56. The van der Waals surface area contributed by atoms with Gasteiger partial charge >= 0.3 is 0 Å². The largest absolute Gasteiger partial charge is 0.352 e. The van der Waals surface area contributed by atoms with Crippen LogP contribution in [-0.4, -0.2) is 41.1 Å². The minimum absolute atomic E-state index is 0.278. The Balaban J connectivity index is 1.43. The van der Waals surface area contributed by atoms with Gasteiger partial charge in [-0.2, -0.15) is 0 Å². The molecule has 1 aliphatic heterocycles. The number of amides is 4. The van der Waals surface area contributed by atoms with Crippen LogP contribution in [0.2, 0.25) is 0 Å². The van der Waals surface area contributed by atoms with Crippen LogP contribution in [0.25, 0.3) is 0 Å². The summed E-state index contributed by atoms with van der Waals surface area (Å²) in [6, 6.07) is 21.8. The van der Waals surface area contributed by atoms with E-state index >= 15 is 0 Å². The van der Waals surface area contributed by atoms with E-state index in [1.54, 1.807) is 48.5 Å². The second kappa shape index (κ2) is 9.48. The molecule has 2 N–H and O–H groups in total. The number of anilines is 1. The summed E-state index contributed by atoms with van der Waals surface area (Å²) in [4.78, 5) is 52.0. The number of imide groups is 1. The van der Waals surface area contributed by atoms with Gasteiger partial charge in [0.05, 0.1) is 22.4 Å². The van der Waals surface area contributed by atoms with Crippen molar-refractivity contribution >= 4 is 29.3 Å². The molecule has 1 aliphatic rings. The van der Waals surface area contributed by atoms with Crippen molar-refractivity contribution in [3.8, 4) is 0 Å². The van der Waals surface area contributed by atoms with Gasteiger partial charge in [0, 0.05) is 6.54 Å². The fraction of sp³-hybridized carbons (Fsp3) is 0.154. The zero-order chi connectivity index (χ0) is 23.4. The summed E-state index contributed by atoms with van der Waals surface area (Å²) in [5, 5.41) is 5.56. The van der Waals surface area contributed by atoms with Crippen LogP contribution < -0.4 is 10.6 Å². The van der Waals surface area contributed by atoms with Crippen molar-refractivity contribution in [3.63, 3.8) is 0 Å². The molecule has 7 heteroatoms. The number of carbonyl (C=O) groups is 4. The number of nitrogens with zero attached hydrogens (tertiary/aromatic N) is 1. The maximum atomic E-state index is 12.9. The molecule has 7 nitrogen and oxygen atoms in total. The monoisotopic (exact) mass is 441 g/mol. The van der Waals surface area contributed by atoms with Crippen LogP contribution in [0.3, 0.4) is 0 Å². The van der Waals surface area contributed by atoms with Gasteiger partial charge in [0.2, 0.25) is 5.91 Å². The van der Waals surface area contributed by atoms with Gasteiger partial charge in [-0.3, -0.25) is 24.1 Å². The van der Waals surface area contributed by atoms with Crippen LogP contribution >= 0.6 is 0 Å². The molecule has 0 saturated heterocycles. The molecule has 1 heterocycles. The molecule has 0 spiro atoms. The van der Waals surface area contributed by atoms with Crippen molar-refractivity contribution in [3.05, 3.63) is 101 Å². The molecule has 1 atom stereocenters. The molecular formula is C26H23N3O4. The lowest BCUT2D eigenvalue weighted by molar-refractivity contribution is -0.119. The number of fused-ring (bicyclic) bond motifs is 1. The Hall–Kier alpha value is -4.26. The lowest BCUT2D eigenvalue weighted by Gasteiger charge is -2.22. The summed E-state index contributed by atoms with van der Waals surface area (Å²) in [7, 11) is 0. The van der Waals surface area contributed by atoms with Gasteiger partial charge in [-0.1, -0.05) is 54.6 Å². The minimum Gasteiger partial charge on any atom is -0.352 e. The SMILES string of the molecule is CC(C(=O)Nc1ccccc1C(=O)NCCc1ccccc1)N1C(=O)c2ccccc2C1=O. The normalized spacial score (nSPS) is 13.4. The Labute approximate surface area is 191 Å². The molecule has 0 aliphatic carbocycles. The van der Waals surface area contributed by atoms with Crippen molar-refractivity contribution in [1.29, 1.82) is 0 Å². The molecule has 0 fully saturated rings.